The lowest BCUT2D eigenvalue weighted by atomic mass is 9.55. The van der Waals surface area contributed by atoms with Gasteiger partial charge in [-0.1, -0.05) is 104 Å². The predicted octanol–water partition coefficient (Wildman–Crippen LogP) is -27.5. The molecule has 0 N–H and O–H groups in total. The summed E-state index contributed by atoms with van der Waals surface area (Å²) < 4.78 is 0. The summed E-state index contributed by atoms with van der Waals surface area (Å²) in [6.45, 7) is 0. The van der Waals surface area contributed by atoms with Crippen molar-refractivity contribution in [1.82, 2.24) is 0 Å². The smallest absolute Gasteiger partial charge is 0.100 e. The molecule has 0 saturated carbocycles. The lowest BCUT2D eigenvalue weighted by Crippen LogP contribution is -2.50. The Bertz CT molecular complexity index is 3280. The van der Waals surface area contributed by atoms with Crippen LogP contribution in [0.15, 0.2) is 0 Å². The summed E-state index contributed by atoms with van der Waals surface area (Å²) >= 11 is 0. The number of benzene rings is 9. The lowest BCUT2D eigenvalue weighted by Gasteiger charge is -2.33. The summed E-state index contributed by atoms with van der Waals surface area (Å²) in [5, 5.41) is 17.6. The van der Waals surface area contributed by atoms with Crippen molar-refractivity contribution in [2.45, 2.75) is 0 Å². The maximum Gasteiger partial charge on any atom is 0.140 e. The lowest BCUT2D eigenvalue weighted by molar-refractivity contribution is 1.84. The molecular weight excluding hydrogens is 694 g/mol. The van der Waals surface area contributed by atoms with Gasteiger partial charge in [-0.2, -0.15) is 0 Å². The van der Waals surface area contributed by atoms with Crippen LogP contribution in [0.25, 0.3) is 86.9 Å². The van der Waals surface area contributed by atoms with Gasteiger partial charge in [-0.15, -0.1) is 16.4 Å². The summed E-state index contributed by atoms with van der Waals surface area (Å²) in [4.78, 5) is 0. The molecule has 0 atom stereocenters. The molecule has 9 rings (SSSR count). The van der Waals surface area contributed by atoms with Crippen LogP contribution in [0.4, 0.5) is 0 Å². The fourth-order valence-corrected chi connectivity index (χ4v) is 13.1. The SMILES string of the molecule is Bc1c(B)c(-c2c(B)c(B)c3c(B)c(B)c4c(B)c(B)c(B)c5c(B)c(B)c2c3c45)c(B)c(-c2c(B)c(B)c3c(B)c(B)c4c(B)c(B)c(B)c5c(B)c(B)c2c3c45)c1B. The molecule has 0 aromatic heterocycles. The van der Waals surface area contributed by atoms with Crippen molar-refractivity contribution in [3.8, 4) is 22.3 Å². The van der Waals surface area contributed by atoms with Gasteiger partial charge in [0.2, 0.25) is 0 Å². The molecule has 0 amide bonds. The van der Waals surface area contributed by atoms with Gasteiger partial charge >= 0.3 is 0 Å². The van der Waals surface area contributed by atoms with E-state index in [4.69, 9.17) is 0 Å². The van der Waals surface area contributed by atoms with Gasteiger partial charge in [-0.3, -0.25) is 0 Å². The fourth-order valence-electron chi connectivity index (χ4n) is 13.1. The molecule has 22 heteroatoms. The van der Waals surface area contributed by atoms with E-state index in [0.717, 1.165) is 0 Å². The van der Waals surface area contributed by atoms with Gasteiger partial charge in [0.1, 0.15) is 173 Å². The van der Waals surface area contributed by atoms with E-state index in [9.17, 15) is 0 Å². The second-order valence-electron chi connectivity index (χ2n) is 19.8. The van der Waals surface area contributed by atoms with Crippen molar-refractivity contribution in [2.24, 2.45) is 0 Å². The van der Waals surface area contributed by atoms with Gasteiger partial charge < -0.3 is 0 Å². The number of hydrogen-bond acceptors (Lipinski definition) is 0. The van der Waals surface area contributed by atoms with Crippen LogP contribution >= 0.6 is 0 Å². The number of rotatable bonds is 2. The highest BCUT2D eigenvalue weighted by Gasteiger charge is 2.30. The highest BCUT2D eigenvalue weighted by molar-refractivity contribution is 6.78. The highest BCUT2D eigenvalue weighted by atomic mass is 14.3. The summed E-state index contributed by atoms with van der Waals surface area (Å²) in [7, 11) is 52.6. The van der Waals surface area contributed by atoms with Gasteiger partial charge in [-0.05, 0) is 86.9 Å². The average Bonchev–Trinajstić information content (AvgIpc) is 3.20. The molecule has 0 radical (unpaired) electrons. The molecule has 0 aliphatic heterocycles. The molecule has 0 aliphatic rings. The minimum atomic E-state index is 1.41. The van der Waals surface area contributed by atoms with Crippen molar-refractivity contribution in [2.75, 3.05) is 0 Å². The van der Waals surface area contributed by atoms with Crippen molar-refractivity contribution >= 4 is 357 Å². The monoisotopic (exact) mass is 743 g/mol. The van der Waals surface area contributed by atoms with Gasteiger partial charge in [0, 0.05) is 0 Å². The quantitative estimate of drug-likeness (QED) is 0.122. The van der Waals surface area contributed by atoms with E-state index in [1.807, 2.05) is 0 Å². The first-order valence-corrected chi connectivity index (χ1v) is 22.5. The van der Waals surface area contributed by atoms with Gasteiger partial charge in [-0.25, -0.2) is 0 Å². The van der Waals surface area contributed by atoms with Crippen LogP contribution in [-0.2, 0) is 0 Å². The Kier molecular flexibility index (Phi) is 9.41. The summed E-state index contributed by atoms with van der Waals surface area (Å²) in [5.74, 6) is 0. The topological polar surface area (TPSA) is 0 Å². The Morgan fingerprint density at radius 3 is 0.500 bits per heavy atom. The first-order chi connectivity index (χ1) is 28.0. The molecule has 0 spiro atoms. The molecule has 262 valence electrons. The summed E-state index contributed by atoms with van der Waals surface area (Å²) in [6.07, 6.45) is 0. The Balaban J connectivity index is 1.55. The molecule has 9 aromatic carbocycles. The van der Waals surface area contributed by atoms with E-state index in [-0.39, 0.29) is 0 Å². The van der Waals surface area contributed by atoms with Crippen molar-refractivity contribution in [3.05, 3.63) is 0 Å². The zero-order valence-electron chi connectivity index (χ0n) is 41.0. The average molecular weight is 739 g/mol. The van der Waals surface area contributed by atoms with Crippen LogP contribution in [0, 0.1) is 0 Å². The normalized spacial score (nSPS) is 12.1. The molecule has 0 heterocycles. The van der Waals surface area contributed by atoms with E-state index in [1.54, 1.807) is 0 Å². The minimum absolute atomic E-state index is 1.41. The predicted molar refractivity (Wildman–Crippen MR) is 345 cm³/mol. The Morgan fingerprint density at radius 1 is 0.100 bits per heavy atom. The second-order valence-corrected chi connectivity index (χ2v) is 19.8. The first-order valence-electron chi connectivity index (χ1n) is 22.5. The maximum atomic E-state index is 2.47. The third kappa shape index (κ3) is 4.79. The van der Waals surface area contributed by atoms with Crippen molar-refractivity contribution in [1.29, 1.82) is 0 Å². The molecule has 60 heavy (non-hydrogen) atoms. The van der Waals surface area contributed by atoms with Gasteiger partial charge in [0.25, 0.3) is 0 Å². The van der Waals surface area contributed by atoms with Gasteiger partial charge in [0.15, 0.2) is 0 Å². The second kappa shape index (κ2) is 13.5. The Labute approximate surface area is 377 Å². The van der Waals surface area contributed by atoms with E-state index in [2.05, 4.69) is 173 Å². The van der Waals surface area contributed by atoms with E-state index in [1.165, 1.54) is 207 Å². The highest BCUT2D eigenvalue weighted by Crippen LogP contribution is 2.35. The largest absolute Gasteiger partial charge is 0.140 e. The number of hydrogen-bond donors (Lipinski definition) is 0. The van der Waals surface area contributed by atoms with Crippen LogP contribution in [0.2, 0.25) is 0 Å². The van der Waals surface area contributed by atoms with E-state index in [0.29, 0.717) is 0 Å². The third-order valence-electron chi connectivity index (χ3n) is 17.8. The molecule has 0 unspecified atom stereocenters. The van der Waals surface area contributed by atoms with Crippen LogP contribution in [0.1, 0.15) is 0 Å². The Hall–Kier alpha value is -3.51. The van der Waals surface area contributed by atoms with Crippen LogP contribution < -0.4 is 120 Å². The van der Waals surface area contributed by atoms with Crippen LogP contribution in [0.3, 0.4) is 0 Å². The van der Waals surface area contributed by atoms with Crippen LogP contribution in [0.5, 0.6) is 0 Å². The molecule has 0 bridgehead atoms. The minimum Gasteiger partial charge on any atom is -0.100 e. The standard InChI is InChI=1S/C38H44B22/c39-17-15(7-5-1-3-11(24(46)18(5)40)30(52)36(58)32(54)13(3)28(50)26(48)9(1)22(44)20(7)42)34(56)38(60)35(57)16(17)8-6-2-4-12(25(47)19(6)41)31(53)37(59)33(55)14(4)29(51)27(49)10(2)23(45)21(8)43/h39-60H2. The van der Waals surface area contributed by atoms with Gasteiger partial charge in [0.05, 0.1) is 0 Å². The molecule has 9 aromatic rings. The Morgan fingerprint density at radius 2 is 0.250 bits per heavy atom. The first kappa shape index (κ1) is 41.8. The van der Waals surface area contributed by atoms with E-state index < -0.39 is 0 Å². The zero-order chi connectivity index (χ0) is 43.9. The molecular formula is C38H44B22. The third-order valence-corrected chi connectivity index (χ3v) is 17.8. The zero-order valence-corrected chi connectivity index (χ0v) is 41.0. The van der Waals surface area contributed by atoms with Crippen molar-refractivity contribution in [3.63, 3.8) is 0 Å². The molecule has 0 saturated heterocycles. The summed E-state index contributed by atoms with van der Waals surface area (Å²) in [5.41, 5.74) is 37.1. The summed E-state index contributed by atoms with van der Waals surface area (Å²) in [6, 6.07) is 0. The maximum absolute atomic E-state index is 2.47. The molecule has 0 nitrogen and oxygen atoms in total. The van der Waals surface area contributed by atoms with Crippen molar-refractivity contribution < 1.29 is 0 Å². The van der Waals surface area contributed by atoms with E-state index >= 15 is 0 Å². The molecule has 0 fully saturated rings. The van der Waals surface area contributed by atoms with Crippen LogP contribution in [-0.4, -0.2) is 173 Å². The molecule has 0 aliphatic carbocycles. The fraction of sp³-hybridized carbons (Fsp3) is 0.